The summed E-state index contributed by atoms with van der Waals surface area (Å²) in [6.07, 6.45) is -3.46. The lowest BCUT2D eigenvalue weighted by Gasteiger charge is -2.08. The highest BCUT2D eigenvalue weighted by Crippen LogP contribution is 2.34. The molecular weight excluding hydrogens is 279 g/mol. The summed E-state index contributed by atoms with van der Waals surface area (Å²) in [6, 6.07) is 2.20. The van der Waals surface area contributed by atoms with Gasteiger partial charge in [-0.3, -0.25) is 10.1 Å². The largest absolute Gasteiger partial charge is 0.416 e. The molecule has 0 fully saturated rings. The number of benzene rings is 1. The zero-order valence-corrected chi connectivity index (χ0v) is 9.81. The summed E-state index contributed by atoms with van der Waals surface area (Å²) in [4.78, 5) is 16.1. The topological polar surface area (TPSA) is 92.1 Å². The second-order valence-corrected chi connectivity index (χ2v) is 3.94. The van der Waals surface area contributed by atoms with Crippen LogP contribution in [0.25, 0.3) is 11.4 Å². The maximum Gasteiger partial charge on any atom is 0.416 e. The van der Waals surface area contributed by atoms with Crippen LogP contribution in [0.4, 0.5) is 18.9 Å². The van der Waals surface area contributed by atoms with Crippen molar-refractivity contribution in [1.29, 1.82) is 0 Å². The van der Waals surface area contributed by atoms with Crippen LogP contribution in [0.3, 0.4) is 0 Å². The van der Waals surface area contributed by atoms with Gasteiger partial charge in [0.2, 0.25) is 0 Å². The van der Waals surface area contributed by atoms with Crippen molar-refractivity contribution in [3.05, 3.63) is 45.8 Å². The van der Waals surface area contributed by atoms with Gasteiger partial charge in [0.1, 0.15) is 5.82 Å². The third kappa shape index (κ3) is 2.77. The number of alkyl halides is 3. The fraction of sp³-hybridized carbons (Fsp3) is 0.182. The Bertz CT molecular complexity index is 652. The number of nitro groups is 1. The zero-order valence-electron chi connectivity index (χ0n) is 9.81. The van der Waals surface area contributed by atoms with E-state index < -0.39 is 22.4 Å². The molecule has 0 bridgehead atoms. The quantitative estimate of drug-likeness (QED) is 0.670. The molecule has 1 aromatic heterocycles. The van der Waals surface area contributed by atoms with Crippen LogP contribution in [0.2, 0.25) is 0 Å². The van der Waals surface area contributed by atoms with Crippen molar-refractivity contribution >= 4 is 5.69 Å². The highest BCUT2D eigenvalue weighted by Gasteiger charge is 2.33. The third-order valence-electron chi connectivity index (χ3n) is 2.53. The lowest BCUT2D eigenvalue weighted by molar-refractivity contribution is -0.385. The Hall–Kier alpha value is -2.42. The number of H-pyrrole nitrogens is 1. The molecule has 1 heterocycles. The number of nitrogens with zero attached hydrogens (tertiary/aromatic N) is 2. The van der Waals surface area contributed by atoms with Crippen LogP contribution in [0.15, 0.2) is 24.4 Å². The smallest absolute Gasteiger partial charge is 0.390 e. The first-order valence-electron chi connectivity index (χ1n) is 5.33. The number of aromatic amines is 1. The Labute approximate surface area is 110 Å². The van der Waals surface area contributed by atoms with Crippen LogP contribution in [0.1, 0.15) is 11.3 Å². The Morgan fingerprint density at radius 3 is 2.55 bits per heavy atom. The maximum atomic E-state index is 12.7. The lowest BCUT2D eigenvalue weighted by atomic mass is 10.1. The predicted molar refractivity (Wildman–Crippen MR) is 61.6 cm³/mol. The van der Waals surface area contributed by atoms with Crippen LogP contribution >= 0.6 is 0 Å². The molecule has 0 saturated heterocycles. The molecule has 9 heteroatoms. The van der Waals surface area contributed by atoms with Gasteiger partial charge in [-0.2, -0.15) is 13.2 Å². The molecule has 6 nitrogen and oxygen atoms in total. The van der Waals surface area contributed by atoms with Crippen molar-refractivity contribution in [2.75, 3.05) is 0 Å². The second-order valence-electron chi connectivity index (χ2n) is 3.94. The molecule has 106 valence electrons. The van der Waals surface area contributed by atoms with E-state index in [0.29, 0.717) is 11.8 Å². The molecule has 1 aromatic carbocycles. The normalized spacial score (nSPS) is 11.6. The van der Waals surface area contributed by atoms with E-state index in [0.717, 1.165) is 12.1 Å². The molecule has 0 aliphatic heterocycles. The number of aliphatic hydroxyl groups excluding tert-OH is 1. The highest BCUT2D eigenvalue weighted by molar-refractivity contribution is 5.61. The summed E-state index contributed by atoms with van der Waals surface area (Å²) in [7, 11) is 0. The fourth-order valence-electron chi connectivity index (χ4n) is 1.60. The molecule has 0 aliphatic rings. The molecule has 0 saturated carbocycles. The minimum atomic E-state index is -4.70. The van der Waals surface area contributed by atoms with Crippen LogP contribution in [-0.4, -0.2) is 20.0 Å². The molecule has 2 rings (SSSR count). The molecule has 2 aromatic rings. The molecule has 0 aliphatic carbocycles. The van der Waals surface area contributed by atoms with Crippen molar-refractivity contribution < 1.29 is 23.2 Å². The number of nitrogens with one attached hydrogen (secondary N) is 1. The van der Waals surface area contributed by atoms with E-state index in [4.69, 9.17) is 5.11 Å². The van der Waals surface area contributed by atoms with Crippen molar-refractivity contribution in [3.63, 3.8) is 0 Å². The maximum absolute atomic E-state index is 12.7. The van der Waals surface area contributed by atoms with Gasteiger partial charge >= 0.3 is 6.18 Å². The van der Waals surface area contributed by atoms with E-state index in [9.17, 15) is 23.3 Å². The first-order chi connectivity index (χ1) is 9.31. The first kappa shape index (κ1) is 14.0. The van der Waals surface area contributed by atoms with Gasteiger partial charge in [0.05, 0.1) is 29.0 Å². The van der Waals surface area contributed by atoms with Gasteiger partial charge in [-0.05, 0) is 6.07 Å². The summed E-state index contributed by atoms with van der Waals surface area (Å²) < 4.78 is 38.1. The van der Waals surface area contributed by atoms with Gasteiger partial charge < -0.3 is 10.1 Å². The lowest BCUT2D eigenvalue weighted by Crippen LogP contribution is -2.06. The monoisotopic (exact) mass is 287 g/mol. The van der Waals surface area contributed by atoms with Crippen molar-refractivity contribution in [3.8, 4) is 11.4 Å². The molecule has 0 unspecified atom stereocenters. The van der Waals surface area contributed by atoms with E-state index >= 15 is 0 Å². The Kier molecular flexibility index (Phi) is 3.45. The number of aromatic nitrogens is 2. The number of aliphatic hydroxyl groups is 1. The predicted octanol–water partition coefficient (Wildman–Crippen LogP) is 2.50. The number of rotatable bonds is 3. The minimum absolute atomic E-state index is 0.0169. The van der Waals surface area contributed by atoms with Gasteiger partial charge in [0, 0.05) is 17.7 Å². The van der Waals surface area contributed by atoms with Crippen LogP contribution in [0, 0.1) is 10.1 Å². The zero-order chi connectivity index (χ0) is 14.9. The molecule has 0 amide bonds. The number of hydrogen-bond donors (Lipinski definition) is 2. The van der Waals surface area contributed by atoms with Gasteiger partial charge in [-0.25, -0.2) is 4.98 Å². The van der Waals surface area contributed by atoms with Crippen LogP contribution in [-0.2, 0) is 12.8 Å². The average molecular weight is 287 g/mol. The van der Waals surface area contributed by atoms with Gasteiger partial charge in [-0.1, -0.05) is 0 Å². The van der Waals surface area contributed by atoms with E-state index in [1.165, 1.54) is 6.20 Å². The summed E-state index contributed by atoms with van der Waals surface area (Å²) in [6.45, 7) is -0.367. The first-order valence-corrected chi connectivity index (χ1v) is 5.33. The van der Waals surface area contributed by atoms with E-state index in [2.05, 4.69) is 9.97 Å². The molecule has 0 atom stereocenters. The SMILES string of the molecule is O=[N+]([O-])c1cc(-c2ncc(CO)[nH]2)cc(C(F)(F)F)c1. The number of nitro benzene ring substituents is 1. The van der Waals surface area contributed by atoms with Crippen molar-refractivity contribution in [2.45, 2.75) is 12.8 Å². The number of imidazole rings is 1. The van der Waals surface area contributed by atoms with Crippen molar-refractivity contribution in [1.82, 2.24) is 9.97 Å². The van der Waals surface area contributed by atoms with E-state index in [1.807, 2.05) is 0 Å². The Morgan fingerprint density at radius 2 is 2.05 bits per heavy atom. The van der Waals surface area contributed by atoms with Gasteiger partial charge in [-0.15, -0.1) is 0 Å². The summed E-state index contributed by atoms with van der Waals surface area (Å²) in [5.41, 5.74) is -1.60. The van der Waals surface area contributed by atoms with Gasteiger partial charge in [0.25, 0.3) is 5.69 Å². The highest BCUT2D eigenvalue weighted by atomic mass is 19.4. The standard InChI is InChI=1S/C11H8F3N3O3/c12-11(13,14)7-1-6(2-9(3-7)17(19)20)10-15-4-8(5-18)16-10/h1-4,18H,5H2,(H,15,16). The summed E-state index contributed by atoms with van der Waals surface area (Å²) in [5.74, 6) is 0.0169. The Morgan fingerprint density at radius 1 is 1.35 bits per heavy atom. The fourth-order valence-corrected chi connectivity index (χ4v) is 1.60. The number of hydrogen-bond acceptors (Lipinski definition) is 4. The van der Waals surface area contributed by atoms with Crippen molar-refractivity contribution in [2.24, 2.45) is 0 Å². The number of non-ortho nitro benzene ring substituents is 1. The summed E-state index contributed by atoms with van der Waals surface area (Å²) >= 11 is 0. The molecule has 0 radical (unpaired) electrons. The third-order valence-corrected chi connectivity index (χ3v) is 2.53. The molecule has 0 spiro atoms. The van der Waals surface area contributed by atoms with Gasteiger partial charge in [0.15, 0.2) is 0 Å². The van der Waals surface area contributed by atoms with E-state index in [-0.39, 0.29) is 18.0 Å². The minimum Gasteiger partial charge on any atom is -0.390 e. The second kappa shape index (κ2) is 4.93. The number of halogens is 3. The molecule has 2 N–H and O–H groups in total. The molecular formula is C11H8F3N3O3. The van der Waals surface area contributed by atoms with Crippen LogP contribution in [0.5, 0.6) is 0 Å². The summed E-state index contributed by atoms with van der Waals surface area (Å²) in [5, 5.41) is 19.6. The average Bonchev–Trinajstić information content (AvgIpc) is 2.86. The van der Waals surface area contributed by atoms with E-state index in [1.54, 1.807) is 0 Å². The molecule has 20 heavy (non-hydrogen) atoms. The van der Waals surface area contributed by atoms with Crippen LogP contribution < -0.4 is 0 Å². The Balaban J connectivity index is 2.57.